The molecule has 1 aliphatic heterocycles. The number of hydrogen-bond donors (Lipinski definition) is 4. The van der Waals surface area contributed by atoms with Gasteiger partial charge in [-0.3, -0.25) is 15.8 Å². The van der Waals surface area contributed by atoms with E-state index in [9.17, 15) is 0 Å². The molecule has 11 heteroatoms. The minimum atomic E-state index is 0.432. The minimum Gasteiger partial charge on any atom is -0.459 e. The Balaban J connectivity index is 2.04. The number of hydrazone groups is 2. The van der Waals surface area contributed by atoms with Crippen molar-refractivity contribution in [3.8, 4) is 0 Å². The zero-order chi connectivity index (χ0) is 22.5. The van der Waals surface area contributed by atoms with Crippen molar-refractivity contribution in [2.45, 2.75) is 33.6 Å². The van der Waals surface area contributed by atoms with Gasteiger partial charge in [0.25, 0.3) is 0 Å². The van der Waals surface area contributed by atoms with Crippen molar-refractivity contribution in [2.75, 3.05) is 45.9 Å². The predicted octanol–water partition coefficient (Wildman–Crippen LogP) is 1.59. The molecular formula is C20H33N7O2S2. The first-order valence-corrected chi connectivity index (χ1v) is 11.4. The van der Waals surface area contributed by atoms with Crippen LogP contribution >= 0.6 is 24.4 Å². The van der Waals surface area contributed by atoms with Gasteiger partial charge in [-0.05, 0) is 70.3 Å². The van der Waals surface area contributed by atoms with Gasteiger partial charge in [0.15, 0.2) is 16.0 Å². The van der Waals surface area contributed by atoms with Gasteiger partial charge in [0.2, 0.25) is 0 Å². The zero-order valence-corrected chi connectivity index (χ0v) is 20.1. The molecule has 1 aromatic heterocycles. The van der Waals surface area contributed by atoms with Crippen molar-refractivity contribution in [3.63, 3.8) is 0 Å². The predicted molar refractivity (Wildman–Crippen MR) is 133 cm³/mol. The van der Waals surface area contributed by atoms with E-state index in [1.54, 1.807) is 0 Å². The molecule has 1 saturated heterocycles. The highest BCUT2D eigenvalue weighted by molar-refractivity contribution is 7.80. The molecule has 2 rings (SSSR count). The van der Waals surface area contributed by atoms with Crippen LogP contribution in [-0.4, -0.2) is 72.5 Å². The van der Waals surface area contributed by atoms with Crippen LogP contribution in [0.3, 0.4) is 0 Å². The van der Waals surface area contributed by atoms with Crippen LogP contribution in [0.2, 0.25) is 0 Å². The van der Waals surface area contributed by atoms with Crippen LogP contribution in [0.1, 0.15) is 38.7 Å². The molecule has 0 unspecified atom stereocenters. The number of ether oxygens (including phenoxy) is 1. The number of hydrogen-bond acceptors (Lipinski definition) is 7. The Hall–Kier alpha value is -2.08. The number of aryl methyl sites for hydroxylation is 1. The molecule has 0 aromatic carbocycles. The quantitative estimate of drug-likeness (QED) is 0.232. The third-order valence-corrected chi connectivity index (χ3v) is 4.98. The van der Waals surface area contributed by atoms with Crippen molar-refractivity contribution >= 4 is 46.1 Å². The highest BCUT2D eigenvalue weighted by Gasteiger charge is 2.15. The second-order valence-electron chi connectivity index (χ2n) is 6.92. The second-order valence-corrected chi connectivity index (χ2v) is 7.74. The van der Waals surface area contributed by atoms with Crippen LogP contribution in [0.5, 0.6) is 0 Å². The van der Waals surface area contributed by atoms with E-state index in [4.69, 9.17) is 33.6 Å². The maximum absolute atomic E-state index is 6.07. The normalized spacial score (nSPS) is 15.5. The molecule has 0 spiro atoms. The lowest BCUT2D eigenvalue weighted by Crippen LogP contribution is -2.36. The first kappa shape index (κ1) is 25.2. The molecular weight excluding hydrogens is 434 g/mol. The summed E-state index contributed by atoms with van der Waals surface area (Å²) in [5, 5.41) is 15.6. The monoisotopic (exact) mass is 467 g/mol. The van der Waals surface area contributed by atoms with E-state index >= 15 is 0 Å². The van der Waals surface area contributed by atoms with Crippen molar-refractivity contribution in [1.29, 1.82) is 0 Å². The Labute approximate surface area is 195 Å². The topological polar surface area (TPSA) is 98.5 Å². The molecule has 0 bridgehead atoms. The van der Waals surface area contributed by atoms with Crippen LogP contribution in [-0.2, 0) is 11.2 Å². The lowest BCUT2D eigenvalue weighted by molar-refractivity contribution is 0.0373. The maximum Gasteiger partial charge on any atom is 0.186 e. The van der Waals surface area contributed by atoms with Crippen molar-refractivity contribution in [1.82, 2.24) is 26.4 Å². The van der Waals surface area contributed by atoms with Gasteiger partial charge < -0.3 is 19.8 Å². The molecule has 0 aliphatic carbocycles. The van der Waals surface area contributed by atoms with Gasteiger partial charge in [-0.1, -0.05) is 0 Å². The summed E-state index contributed by atoms with van der Waals surface area (Å²) >= 11 is 10.4. The maximum atomic E-state index is 6.07. The summed E-state index contributed by atoms with van der Waals surface area (Å²) in [6.07, 6.45) is 1.88. The van der Waals surface area contributed by atoms with E-state index in [-0.39, 0.29) is 0 Å². The Morgan fingerprint density at radius 1 is 1.03 bits per heavy atom. The van der Waals surface area contributed by atoms with Crippen LogP contribution in [0.4, 0.5) is 0 Å². The zero-order valence-electron chi connectivity index (χ0n) is 18.5. The summed E-state index contributed by atoms with van der Waals surface area (Å²) in [5.74, 6) is 1.53. The molecule has 4 N–H and O–H groups in total. The molecule has 0 atom stereocenters. The molecule has 1 aliphatic rings. The summed E-state index contributed by atoms with van der Waals surface area (Å²) in [7, 11) is 0. The minimum absolute atomic E-state index is 0.432. The highest BCUT2D eigenvalue weighted by atomic mass is 32.1. The van der Waals surface area contributed by atoms with E-state index in [2.05, 4.69) is 36.6 Å². The lowest BCUT2D eigenvalue weighted by atomic mass is 10.2. The summed E-state index contributed by atoms with van der Waals surface area (Å²) in [5.41, 5.74) is 6.82. The molecule has 0 amide bonds. The fraction of sp³-hybridized carbons (Fsp3) is 0.600. The standard InChI is InChI=1S/C20H33N7O2S2/c1-4-21-19(30)25-23-15(3)18(24-26-20(31)22-5-2)17-9-8-16(29-17)7-6-10-27-11-13-28-14-12-27/h8-9H,4-7,10-14H2,1-3H3,(H2,21,25,30)(H2,22,26,31)/b23-15+,24-18-. The largest absolute Gasteiger partial charge is 0.459 e. The van der Waals surface area contributed by atoms with E-state index in [0.717, 1.165) is 51.4 Å². The molecule has 1 fully saturated rings. The average Bonchev–Trinajstić information content (AvgIpc) is 3.22. The second kappa shape index (κ2) is 14.1. The molecule has 31 heavy (non-hydrogen) atoms. The Kier molecular flexibility index (Phi) is 11.4. The van der Waals surface area contributed by atoms with Crippen LogP contribution in [0.25, 0.3) is 0 Å². The first-order valence-electron chi connectivity index (χ1n) is 10.6. The smallest absolute Gasteiger partial charge is 0.186 e. The molecule has 0 saturated carbocycles. The average molecular weight is 468 g/mol. The Bertz CT molecular complexity index is 773. The van der Waals surface area contributed by atoms with Gasteiger partial charge in [0.05, 0.1) is 18.9 Å². The van der Waals surface area contributed by atoms with Crippen molar-refractivity contribution < 1.29 is 9.15 Å². The SMILES string of the molecule is CCNC(=S)N/N=C(/C(C)=N/NC(=S)NCC)c1ccc(CCCN2CCOCC2)o1. The highest BCUT2D eigenvalue weighted by Crippen LogP contribution is 2.13. The molecule has 172 valence electrons. The summed E-state index contributed by atoms with van der Waals surface area (Å²) in [6, 6.07) is 3.89. The number of morpholine rings is 1. The fourth-order valence-corrected chi connectivity index (χ4v) is 3.33. The van der Waals surface area contributed by atoms with Gasteiger partial charge in [-0.15, -0.1) is 0 Å². The third kappa shape index (κ3) is 9.30. The fourth-order valence-electron chi connectivity index (χ4n) is 2.95. The Morgan fingerprint density at radius 3 is 2.32 bits per heavy atom. The van der Waals surface area contributed by atoms with Crippen LogP contribution in [0.15, 0.2) is 26.8 Å². The number of nitrogens with one attached hydrogen (secondary N) is 4. The summed E-state index contributed by atoms with van der Waals surface area (Å²) in [6.45, 7) is 11.8. The van der Waals surface area contributed by atoms with E-state index < -0.39 is 0 Å². The molecule has 1 aromatic rings. The summed E-state index contributed by atoms with van der Waals surface area (Å²) in [4.78, 5) is 2.42. The molecule has 2 heterocycles. The van der Waals surface area contributed by atoms with Crippen LogP contribution < -0.4 is 21.5 Å². The van der Waals surface area contributed by atoms with E-state index in [0.29, 0.717) is 40.5 Å². The number of furan rings is 1. The number of nitrogens with zero attached hydrogens (tertiary/aromatic N) is 3. The van der Waals surface area contributed by atoms with Gasteiger partial charge in [0.1, 0.15) is 11.5 Å². The molecule has 0 radical (unpaired) electrons. The number of rotatable bonds is 10. The van der Waals surface area contributed by atoms with Gasteiger partial charge in [0, 0.05) is 32.6 Å². The van der Waals surface area contributed by atoms with Crippen molar-refractivity contribution in [3.05, 3.63) is 23.7 Å². The van der Waals surface area contributed by atoms with Crippen LogP contribution in [0, 0.1) is 0 Å². The van der Waals surface area contributed by atoms with Gasteiger partial charge >= 0.3 is 0 Å². The van der Waals surface area contributed by atoms with E-state index in [1.807, 2.05) is 32.9 Å². The Morgan fingerprint density at radius 2 is 1.68 bits per heavy atom. The van der Waals surface area contributed by atoms with Crippen molar-refractivity contribution in [2.24, 2.45) is 10.2 Å². The van der Waals surface area contributed by atoms with E-state index in [1.165, 1.54) is 0 Å². The van der Waals surface area contributed by atoms with Gasteiger partial charge in [-0.2, -0.15) is 10.2 Å². The lowest BCUT2D eigenvalue weighted by Gasteiger charge is -2.26. The van der Waals surface area contributed by atoms with Gasteiger partial charge in [-0.25, -0.2) is 0 Å². The molecule has 9 nitrogen and oxygen atoms in total. The summed E-state index contributed by atoms with van der Waals surface area (Å²) < 4.78 is 11.5. The number of thiocarbonyl (C=S) groups is 2. The third-order valence-electron chi connectivity index (χ3n) is 4.51. The first-order chi connectivity index (χ1) is 15.0.